The highest BCUT2D eigenvalue weighted by molar-refractivity contribution is 5.94. The Bertz CT molecular complexity index is 945. The standard InChI is InChI=1S/C25H32F2N2O3/c1-16-17(2)24(32-11-5-4-10-30)9-7-21(16)18(3)29-14-19(15-29)13-28-25(31)22-12-20(26)6-8-23(22)27/h6-9,12,18-19,30H,4-5,10-11,13-15H2,1-3H3,(H,28,31). The summed E-state index contributed by atoms with van der Waals surface area (Å²) < 4.78 is 32.9. The third-order valence-corrected chi connectivity index (χ3v) is 6.30. The van der Waals surface area contributed by atoms with E-state index in [0.29, 0.717) is 13.2 Å². The van der Waals surface area contributed by atoms with E-state index in [4.69, 9.17) is 9.84 Å². The van der Waals surface area contributed by atoms with Crippen molar-refractivity contribution >= 4 is 5.91 Å². The Kier molecular flexibility index (Phi) is 8.21. The second-order valence-electron chi connectivity index (χ2n) is 8.51. The largest absolute Gasteiger partial charge is 0.493 e. The molecular weight excluding hydrogens is 414 g/mol. The van der Waals surface area contributed by atoms with E-state index in [1.165, 1.54) is 11.1 Å². The van der Waals surface area contributed by atoms with Crippen LogP contribution in [0.5, 0.6) is 5.75 Å². The minimum Gasteiger partial charge on any atom is -0.493 e. The number of carbonyl (C=O) groups excluding carboxylic acids is 1. The summed E-state index contributed by atoms with van der Waals surface area (Å²) in [6.45, 7) is 9.18. The molecule has 5 nitrogen and oxygen atoms in total. The molecule has 32 heavy (non-hydrogen) atoms. The molecule has 174 valence electrons. The summed E-state index contributed by atoms with van der Waals surface area (Å²) in [6.07, 6.45) is 1.56. The Balaban J connectivity index is 1.50. The van der Waals surface area contributed by atoms with Crippen LogP contribution in [0.1, 0.15) is 52.9 Å². The van der Waals surface area contributed by atoms with E-state index in [-0.39, 0.29) is 24.1 Å². The van der Waals surface area contributed by atoms with Gasteiger partial charge in [-0.2, -0.15) is 0 Å². The average Bonchev–Trinajstić information content (AvgIpc) is 2.74. The number of rotatable bonds is 10. The Hall–Kier alpha value is -2.51. The summed E-state index contributed by atoms with van der Waals surface area (Å²) in [5, 5.41) is 11.6. The number of likely N-dealkylation sites (tertiary alicyclic amines) is 1. The summed E-state index contributed by atoms with van der Waals surface area (Å²) in [4.78, 5) is 14.5. The van der Waals surface area contributed by atoms with Crippen molar-refractivity contribution in [1.29, 1.82) is 0 Å². The molecule has 7 heteroatoms. The predicted octanol–water partition coefficient (Wildman–Crippen LogP) is 4.16. The van der Waals surface area contributed by atoms with Crippen molar-refractivity contribution in [3.8, 4) is 5.75 Å². The zero-order chi connectivity index (χ0) is 23.3. The Labute approximate surface area is 188 Å². The van der Waals surface area contributed by atoms with Gasteiger partial charge in [0.05, 0.1) is 12.2 Å². The number of hydrogen-bond acceptors (Lipinski definition) is 4. The van der Waals surface area contributed by atoms with E-state index in [1.54, 1.807) is 0 Å². The van der Waals surface area contributed by atoms with Crippen molar-refractivity contribution in [3.05, 3.63) is 64.2 Å². The molecule has 0 radical (unpaired) electrons. The number of aliphatic hydroxyl groups excluding tert-OH is 1. The molecule has 1 saturated heterocycles. The highest BCUT2D eigenvalue weighted by atomic mass is 19.1. The van der Waals surface area contributed by atoms with Gasteiger partial charge in [-0.25, -0.2) is 8.78 Å². The molecule has 1 aliphatic heterocycles. The van der Waals surface area contributed by atoms with Crippen LogP contribution in [-0.2, 0) is 0 Å². The first-order valence-corrected chi connectivity index (χ1v) is 11.1. The lowest BCUT2D eigenvalue weighted by Gasteiger charge is -2.44. The molecule has 2 aromatic carbocycles. The zero-order valence-electron chi connectivity index (χ0n) is 19.0. The van der Waals surface area contributed by atoms with Crippen molar-refractivity contribution in [2.24, 2.45) is 5.92 Å². The maximum absolute atomic E-state index is 13.7. The van der Waals surface area contributed by atoms with Gasteiger partial charge in [-0.1, -0.05) is 6.07 Å². The number of unbranched alkanes of at least 4 members (excludes halogenated alkanes) is 1. The monoisotopic (exact) mass is 446 g/mol. The Morgan fingerprint density at radius 3 is 2.66 bits per heavy atom. The first-order valence-electron chi connectivity index (χ1n) is 11.1. The summed E-state index contributed by atoms with van der Waals surface area (Å²) in [7, 11) is 0. The minimum atomic E-state index is -0.723. The molecule has 1 atom stereocenters. The van der Waals surface area contributed by atoms with Crippen LogP contribution in [0.25, 0.3) is 0 Å². The van der Waals surface area contributed by atoms with E-state index < -0.39 is 17.5 Å². The molecule has 0 bridgehead atoms. The van der Waals surface area contributed by atoms with Gasteiger partial charge in [-0.3, -0.25) is 9.69 Å². The van der Waals surface area contributed by atoms with Crippen LogP contribution in [0.15, 0.2) is 30.3 Å². The summed E-state index contributed by atoms with van der Waals surface area (Å²) in [5.41, 5.74) is 3.31. The smallest absolute Gasteiger partial charge is 0.254 e. The maximum Gasteiger partial charge on any atom is 0.254 e. The second-order valence-corrected chi connectivity index (χ2v) is 8.51. The van der Waals surface area contributed by atoms with Crippen LogP contribution in [0, 0.1) is 31.4 Å². The molecule has 3 rings (SSSR count). The number of hydrogen-bond donors (Lipinski definition) is 2. The van der Waals surface area contributed by atoms with E-state index in [2.05, 4.69) is 37.1 Å². The third kappa shape index (κ3) is 5.64. The summed E-state index contributed by atoms with van der Waals surface area (Å²) in [6, 6.07) is 7.23. The van der Waals surface area contributed by atoms with Crippen LogP contribution in [-0.4, -0.2) is 48.8 Å². The van der Waals surface area contributed by atoms with Gasteiger partial charge in [-0.05, 0) is 74.6 Å². The fourth-order valence-corrected chi connectivity index (χ4v) is 4.08. The number of benzene rings is 2. The van der Waals surface area contributed by atoms with E-state index in [9.17, 15) is 13.6 Å². The van der Waals surface area contributed by atoms with Crippen LogP contribution in [0.4, 0.5) is 8.78 Å². The van der Waals surface area contributed by atoms with E-state index in [0.717, 1.165) is 55.4 Å². The number of nitrogens with zero attached hydrogens (tertiary/aromatic N) is 1. The molecular formula is C25H32F2N2O3. The van der Waals surface area contributed by atoms with Crippen LogP contribution in [0.2, 0.25) is 0 Å². The Morgan fingerprint density at radius 2 is 1.94 bits per heavy atom. The molecule has 0 aromatic heterocycles. The normalized spacial score (nSPS) is 15.3. The topological polar surface area (TPSA) is 61.8 Å². The lowest BCUT2D eigenvalue weighted by molar-refractivity contribution is 0.0568. The molecule has 0 saturated carbocycles. The second kappa shape index (κ2) is 10.9. The van der Waals surface area contributed by atoms with Crippen molar-refractivity contribution in [3.63, 3.8) is 0 Å². The number of amides is 1. The van der Waals surface area contributed by atoms with Crippen LogP contribution in [0.3, 0.4) is 0 Å². The SMILES string of the molecule is Cc1c(OCCCCO)ccc(C(C)N2CC(CNC(=O)c3cc(F)ccc3F)C2)c1C. The summed E-state index contributed by atoms with van der Waals surface area (Å²) in [5.74, 6) is -0.792. The minimum absolute atomic E-state index is 0.181. The Morgan fingerprint density at radius 1 is 1.19 bits per heavy atom. The predicted molar refractivity (Wildman–Crippen MR) is 120 cm³/mol. The van der Waals surface area contributed by atoms with Gasteiger partial charge in [0, 0.05) is 38.2 Å². The summed E-state index contributed by atoms with van der Waals surface area (Å²) >= 11 is 0. The molecule has 2 aromatic rings. The average molecular weight is 447 g/mol. The first kappa shape index (κ1) is 24.1. The number of aliphatic hydroxyl groups is 1. The van der Waals surface area contributed by atoms with Crippen LogP contribution < -0.4 is 10.1 Å². The van der Waals surface area contributed by atoms with Gasteiger partial charge in [0.15, 0.2) is 0 Å². The number of carbonyl (C=O) groups is 1. The maximum atomic E-state index is 13.7. The highest BCUT2D eigenvalue weighted by Crippen LogP contribution is 2.34. The molecule has 1 fully saturated rings. The zero-order valence-corrected chi connectivity index (χ0v) is 19.0. The van der Waals surface area contributed by atoms with Gasteiger partial charge < -0.3 is 15.2 Å². The molecule has 1 amide bonds. The van der Waals surface area contributed by atoms with Crippen molar-refractivity contribution in [2.75, 3.05) is 32.8 Å². The van der Waals surface area contributed by atoms with E-state index >= 15 is 0 Å². The van der Waals surface area contributed by atoms with Gasteiger partial charge in [-0.15, -0.1) is 0 Å². The molecule has 1 unspecified atom stereocenters. The molecule has 1 aliphatic rings. The number of halogens is 2. The fourth-order valence-electron chi connectivity index (χ4n) is 4.08. The van der Waals surface area contributed by atoms with Crippen molar-refractivity contribution < 1.29 is 23.4 Å². The molecule has 0 aliphatic carbocycles. The number of nitrogens with one attached hydrogen (secondary N) is 1. The lowest BCUT2D eigenvalue weighted by Crippen LogP contribution is -2.52. The highest BCUT2D eigenvalue weighted by Gasteiger charge is 2.32. The van der Waals surface area contributed by atoms with Gasteiger partial charge in [0.25, 0.3) is 5.91 Å². The third-order valence-electron chi connectivity index (χ3n) is 6.30. The lowest BCUT2D eigenvalue weighted by atomic mass is 9.91. The van der Waals surface area contributed by atoms with E-state index in [1.807, 2.05) is 6.07 Å². The molecule has 2 N–H and O–H groups in total. The quantitative estimate of drug-likeness (QED) is 0.538. The molecule has 1 heterocycles. The molecule has 0 spiro atoms. The fraction of sp³-hybridized carbons (Fsp3) is 0.480. The number of ether oxygens (including phenoxy) is 1. The van der Waals surface area contributed by atoms with Crippen molar-refractivity contribution in [1.82, 2.24) is 10.2 Å². The van der Waals surface area contributed by atoms with Gasteiger partial charge >= 0.3 is 0 Å². The van der Waals surface area contributed by atoms with Gasteiger partial charge in [0.2, 0.25) is 0 Å². The first-order chi connectivity index (χ1) is 15.3. The van der Waals surface area contributed by atoms with Crippen molar-refractivity contribution in [2.45, 2.75) is 39.7 Å². The van der Waals surface area contributed by atoms with Crippen LogP contribution >= 0.6 is 0 Å². The van der Waals surface area contributed by atoms with Gasteiger partial charge in [0.1, 0.15) is 17.4 Å².